The van der Waals surface area contributed by atoms with Crippen molar-refractivity contribution >= 4 is 17.6 Å². The number of anilines is 1. The third kappa shape index (κ3) is 6.44. The molecule has 2 aromatic carbocycles. The second-order valence-electron chi connectivity index (χ2n) is 8.97. The van der Waals surface area contributed by atoms with E-state index in [1.54, 1.807) is 16.8 Å². The van der Waals surface area contributed by atoms with Gasteiger partial charge in [0.05, 0.1) is 17.9 Å². The molecule has 0 bridgehead atoms. The molecule has 0 aliphatic carbocycles. The van der Waals surface area contributed by atoms with Crippen molar-refractivity contribution in [1.29, 1.82) is 0 Å². The van der Waals surface area contributed by atoms with E-state index in [-0.39, 0.29) is 30.4 Å². The van der Waals surface area contributed by atoms with E-state index in [9.17, 15) is 9.59 Å². The molecule has 0 unspecified atom stereocenters. The first-order chi connectivity index (χ1) is 15.7. The van der Waals surface area contributed by atoms with E-state index in [1.807, 2.05) is 62.4 Å². The summed E-state index contributed by atoms with van der Waals surface area (Å²) >= 11 is 0. The highest BCUT2D eigenvalue weighted by Crippen LogP contribution is 2.26. The predicted octanol–water partition coefficient (Wildman–Crippen LogP) is 4.34. The van der Waals surface area contributed by atoms with Gasteiger partial charge in [0, 0.05) is 18.0 Å². The van der Waals surface area contributed by atoms with Gasteiger partial charge in [0.25, 0.3) is 5.91 Å². The van der Waals surface area contributed by atoms with E-state index in [0.29, 0.717) is 18.1 Å². The summed E-state index contributed by atoms with van der Waals surface area (Å²) in [5, 5.41) is 7.69. The highest BCUT2D eigenvalue weighted by molar-refractivity contribution is 5.94. The molecule has 3 aromatic rings. The Hall–Kier alpha value is -3.61. The molecule has 0 fully saturated rings. The van der Waals surface area contributed by atoms with Crippen molar-refractivity contribution < 1.29 is 14.3 Å². The van der Waals surface area contributed by atoms with Gasteiger partial charge in [0.15, 0.2) is 6.61 Å². The summed E-state index contributed by atoms with van der Waals surface area (Å²) in [7, 11) is 0. The van der Waals surface area contributed by atoms with Crippen molar-refractivity contribution in [2.24, 2.45) is 0 Å². The molecule has 0 spiro atoms. The Balaban J connectivity index is 1.73. The molecule has 7 heteroatoms. The van der Waals surface area contributed by atoms with Crippen LogP contribution in [0.25, 0.3) is 5.69 Å². The zero-order chi connectivity index (χ0) is 24.0. The molecule has 0 saturated heterocycles. The number of likely N-dealkylation sites (N-methyl/N-ethyl adjacent to an activating group) is 1. The van der Waals surface area contributed by atoms with Crippen molar-refractivity contribution in [1.82, 2.24) is 14.7 Å². The molecule has 1 heterocycles. The van der Waals surface area contributed by atoms with E-state index < -0.39 is 0 Å². The topological polar surface area (TPSA) is 76.5 Å². The third-order valence-corrected chi connectivity index (χ3v) is 5.17. The molecule has 174 valence electrons. The number of para-hydroxylation sites is 1. The molecule has 33 heavy (non-hydrogen) atoms. The van der Waals surface area contributed by atoms with Gasteiger partial charge in [0.2, 0.25) is 5.91 Å². The SMILES string of the molecule is CCN(CC(=O)Nc1cc(C(C)(C)C)nn1-c1cccc(C)c1)C(=O)COc1ccccc1. The molecule has 0 saturated carbocycles. The van der Waals surface area contributed by atoms with E-state index >= 15 is 0 Å². The van der Waals surface area contributed by atoms with Crippen LogP contribution in [0, 0.1) is 6.92 Å². The number of nitrogens with zero attached hydrogens (tertiary/aromatic N) is 3. The van der Waals surface area contributed by atoms with Gasteiger partial charge in [-0.1, -0.05) is 51.1 Å². The molecule has 7 nitrogen and oxygen atoms in total. The quantitative estimate of drug-likeness (QED) is 0.556. The lowest BCUT2D eigenvalue weighted by Crippen LogP contribution is -2.40. The first kappa shape index (κ1) is 24.0. The fraction of sp³-hybridized carbons (Fsp3) is 0.346. The van der Waals surface area contributed by atoms with Gasteiger partial charge in [-0.05, 0) is 43.7 Å². The van der Waals surface area contributed by atoms with Crippen LogP contribution in [-0.2, 0) is 15.0 Å². The number of carbonyl (C=O) groups excluding carboxylic acids is 2. The average molecular weight is 449 g/mol. The summed E-state index contributed by atoms with van der Waals surface area (Å²) in [6.45, 7) is 10.3. The van der Waals surface area contributed by atoms with Crippen molar-refractivity contribution in [3.8, 4) is 11.4 Å². The Morgan fingerprint density at radius 1 is 1.06 bits per heavy atom. The van der Waals surface area contributed by atoms with Crippen molar-refractivity contribution in [2.45, 2.75) is 40.0 Å². The van der Waals surface area contributed by atoms with E-state index in [0.717, 1.165) is 16.9 Å². The second-order valence-corrected chi connectivity index (χ2v) is 8.97. The van der Waals surface area contributed by atoms with Crippen molar-refractivity contribution in [3.63, 3.8) is 0 Å². The van der Waals surface area contributed by atoms with Gasteiger partial charge in [0.1, 0.15) is 11.6 Å². The molecule has 0 aliphatic heterocycles. The van der Waals surface area contributed by atoms with Gasteiger partial charge < -0.3 is 15.0 Å². The van der Waals surface area contributed by atoms with Gasteiger partial charge >= 0.3 is 0 Å². The Labute approximate surface area is 195 Å². The van der Waals surface area contributed by atoms with Crippen LogP contribution in [0.1, 0.15) is 39.0 Å². The van der Waals surface area contributed by atoms with Crippen LogP contribution in [0.4, 0.5) is 5.82 Å². The fourth-order valence-corrected chi connectivity index (χ4v) is 3.28. The maximum absolute atomic E-state index is 12.9. The number of hydrogen-bond acceptors (Lipinski definition) is 4. The zero-order valence-corrected chi connectivity index (χ0v) is 20.0. The molecule has 1 N–H and O–H groups in total. The number of aromatic nitrogens is 2. The van der Waals surface area contributed by atoms with Gasteiger partial charge in [-0.15, -0.1) is 0 Å². The molecular formula is C26H32N4O3. The maximum Gasteiger partial charge on any atom is 0.260 e. The smallest absolute Gasteiger partial charge is 0.260 e. The van der Waals surface area contributed by atoms with Crippen LogP contribution in [0.3, 0.4) is 0 Å². The van der Waals surface area contributed by atoms with Crippen molar-refractivity contribution in [2.75, 3.05) is 25.0 Å². The maximum atomic E-state index is 12.9. The lowest BCUT2D eigenvalue weighted by Gasteiger charge is -2.20. The van der Waals surface area contributed by atoms with Crippen LogP contribution in [0.15, 0.2) is 60.7 Å². The average Bonchev–Trinajstić information content (AvgIpc) is 3.21. The van der Waals surface area contributed by atoms with Crippen LogP contribution in [-0.4, -0.2) is 46.2 Å². The largest absolute Gasteiger partial charge is 0.484 e. The lowest BCUT2D eigenvalue weighted by molar-refractivity contribution is -0.136. The van der Waals surface area contributed by atoms with Crippen LogP contribution >= 0.6 is 0 Å². The highest BCUT2D eigenvalue weighted by atomic mass is 16.5. The fourth-order valence-electron chi connectivity index (χ4n) is 3.28. The number of carbonyl (C=O) groups is 2. The third-order valence-electron chi connectivity index (χ3n) is 5.17. The number of amides is 2. The number of benzene rings is 2. The number of nitrogens with one attached hydrogen (secondary N) is 1. The zero-order valence-electron chi connectivity index (χ0n) is 20.0. The van der Waals surface area contributed by atoms with Gasteiger partial charge in [-0.2, -0.15) is 5.10 Å². The Morgan fingerprint density at radius 2 is 1.79 bits per heavy atom. The number of rotatable bonds is 8. The number of ether oxygens (including phenoxy) is 1. The number of hydrogen-bond donors (Lipinski definition) is 1. The molecule has 0 radical (unpaired) electrons. The van der Waals surface area contributed by atoms with Crippen LogP contribution in [0.2, 0.25) is 0 Å². The van der Waals surface area contributed by atoms with Gasteiger partial charge in [-0.25, -0.2) is 4.68 Å². The normalized spacial score (nSPS) is 11.2. The van der Waals surface area contributed by atoms with E-state index in [1.165, 1.54) is 4.90 Å². The summed E-state index contributed by atoms with van der Waals surface area (Å²) in [4.78, 5) is 27.0. The van der Waals surface area contributed by atoms with E-state index in [2.05, 4.69) is 26.1 Å². The summed E-state index contributed by atoms with van der Waals surface area (Å²) in [6, 6.07) is 19.0. The van der Waals surface area contributed by atoms with E-state index in [4.69, 9.17) is 9.84 Å². The molecule has 3 rings (SSSR count). The second kappa shape index (κ2) is 10.3. The summed E-state index contributed by atoms with van der Waals surface area (Å²) in [5.74, 6) is 0.640. The lowest BCUT2D eigenvalue weighted by atomic mass is 9.92. The summed E-state index contributed by atoms with van der Waals surface area (Å²) < 4.78 is 7.28. The summed E-state index contributed by atoms with van der Waals surface area (Å²) in [6.07, 6.45) is 0. The van der Waals surface area contributed by atoms with Crippen LogP contribution in [0.5, 0.6) is 5.75 Å². The molecule has 2 amide bonds. The minimum atomic E-state index is -0.292. The first-order valence-electron chi connectivity index (χ1n) is 11.1. The molecule has 1 aromatic heterocycles. The minimum absolute atomic E-state index is 0.0721. The van der Waals surface area contributed by atoms with Crippen molar-refractivity contribution in [3.05, 3.63) is 71.9 Å². The summed E-state index contributed by atoms with van der Waals surface area (Å²) in [5.41, 5.74) is 2.63. The predicted molar refractivity (Wildman–Crippen MR) is 130 cm³/mol. The Morgan fingerprint density at radius 3 is 2.42 bits per heavy atom. The standard InChI is InChI=1S/C26H32N4O3/c1-6-29(25(32)18-33-21-13-8-7-9-14-21)17-24(31)27-23-16-22(26(3,4)5)28-30(23)20-12-10-11-19(2)15-20/h7-16H,6,17-18H2,1-5H3,(H,27,31). The van der Waals surface area contributed by atoms with Gasteiger partial charge in [-0.3, -0.25) is 9.59 Å². The molecule has 0 atom stereocenters. The minimum Gasteiger partial charge on any atom is -0.484 e. The number of aryl methyl sites for hydroxylation is 1. The molecular weight excluding hydrogens is 416 g/mol. The molecule has 0 aliphatic rings. The Bertz CT molecular complexity index is 1100. The highest BCUT2D eigenvalue weighted by Gasteiger charge is 2.23. The monoisotopic (exact) mass is 448 g/mol. The Kier molecular flexibility index (Phi) is 7.53. The first-order valence-corrected chi connectivity index (χ1v) is 11.1. The van der Waals surface area contributed by atoms with Crippen LogP contribution < -0.4 is 10.1 Å².